The predicted molar refractivity (Wildman–Crippen MR) is 56.3 cm³/mol. The van der Waals surface area contributed by atoms with Crippen LogP contribution < -0.4 is 0 Å². The summed E-state index contributed by atoms with van der Waals surface area (Å²) in [7, 11) is -2.41. The molecule has 7 heteroatoms. The summed E-state index contributed by atoms with van der Waals surface area (Å²) in [6.45, 7) is 5.15. The van der Waals surface area contributed by atoms with E-state index in [1.807, 2.05) is 0 Å². The van der Waals surface area contributed by atoms with Gasteiger partial charge in [0.15, 0.2) is 0 Å². The van der Waals surface area contributed by atoms with Gasteiger partial charge in [0.05, 0.1) is 5.60 Å². The zero-order chi connectivity index (χ0) is 11.4. The Morgan fingerprint density at radius 3 is 2.14 bits per heavy atom. The Hall–Kier alpha value is 0.270. The zero-order valence-corrected chi connectivity index (χ0v) is 10.8. The van der Waals surface area contributed by atoms with E-state index in [0.29, 0.717) is 0 Å². The molecule has 0 saturated carbocycles. The Balaban J connectivity index is 4.50. The normalized spacial score (nSPS) is 15.9. The number of rotatable bonds is 4. The number of hydrogen-bond donors (Lipinski definition) is 0. The molecule has 1 atom stereocenters. The van der Waals surface area contributed by atoms with Crippen LogP contribution in [0.1, 0.15) is 20.8 Å². The first-order valence-electron chi connectivity index (χ1n) is 3.75. The highest BCUT2D eigenvalue weighted by Crippen LogP contribution is 2.52. The molecular formula is C7H13Cl2O4P. The Morgan fingerprint density at radius 2 is 1.86 bits per heavy atom. The third kappa shape index (κ3) is 6.68. The molecule has 14 heavy (non-hydrogen) atoms. The van der Waals surface area contributed by atoms with Gasteiger partial charge in [-0.05, 0) is 20.8 Å². The zero-order valence-electron chi connectivity index (χ0n) is 8.41. The molecule has 0 saturated heterocycles. The largest absolute Gasteiger partial charge is 0.529 e. The summed E-state index contributed by atoms with van der Waals surface area (Å²) >= 11 is 10.6. The van der Waals surface area contributed by atoms with Gasteiger partial charge in [-0.1, -0.05) is 23.2 Å². The number of halogens is 2. The molecule has 4 nitrogen and oxygen atoms in total. The number of phosphoric acid groups is 1. The van der Waals surface area contributed by atoms with Gasteiger partial charge in [0.25, 0.3) is 0 Å². The maximum Gasteiger partial charge on any atom is 0.529 e. The Kier molecular flexibility index (Phi) is 5.48. The van der Waals surface area contributed by atoms with E-state index in [2.05, 4.69) is 4.52 Å². The highest BCUT2D eigenvalue weighted by molar-refractivity contribution is 7.48. The fourth-order valence-corrected chi connectivity index (χ4v) is 1.86. The molecule has 1 unspecified atom stereocenters. The van der Waals surface area contributed by atoms with Gasteiger partial charge in [0.1, 0.15) is 10.8 Å². The molecule has 0 rings (SSSR count). The first-order chi connectivity index (χ1) is 6.18. The average molecular weight is 263 g/mol. The average Bonchev–Trinajstić information content (AvgIpc) is 1.98. The van der Waals surface area contributed by atoms with Crippen LogP contribution in [0.25, 0.3) is 0 Å². The predicted octanol–water partition coefficient (Wildman–Crippen LogP) is 3.85. The van der Waals surface area contributed by atoms with E-state index < -0.39 is 13.4 Å². The summed E-state index contributed by atoms with van der Waals surface area (Å²) in [6, 6.07) is 0. The van der Waals surface area contributed by atoms with Crippen molar-refractivity contribution < 1.29 is 18.1 Å². The van der Waals surface area contributed by atoms with Crippen LogP contribution in [0.4, 0.5) is 0 Å². The van der Waals surface area contributed by atoms with Crippen molar-refractivity contribution in [2.75, 3.05) is 7.11 Å². The molecule has 0 aliphatic rings. The van der Waals surface area contributed by atoms with Crippen LogP contribution in [0.3, 0.4) is 0 Å². The van der Waals surface area contributed by atoms with Crippen molar-refractivity contribution in [3.8, 4) is 0 Å². The van der Waals surface area contributed by atoms with E-state index in [1.165, 1.54) is 7.11 Å². The van der Waals surface area contributed by atoms with Gasteiger partial charge in [-0.2, -0.15) is 0 Å². The summed E-state index contributed by atoms with van der Waals surface area (Å²) in [6.07, 6.45) is 0.902. The SMILES string of the molecule is COP(=O)(OC=C(Cl)Cl)OC(C)(C)C. The van der Waals surface area contributed by atoms with Gasteiger partial charge in [-0.15, -0.1) is 0 Å². The molecule has 0 aromatic rings. The molecule has 0 aliphatic carbocycles. The van der Waals surface area contributed by atoms with E-state index >= 15 is 0 Å². The lowest BCUT2D eigenvalue weighted by Gasteiger charge is -2.23. The maximum atomic E-state index is 11.7. The van der Waals surface area contributed by atoms with Gasteiger partial charge in [0.2, 0.25) is 0 Å². The minimum Gasteiger partial charge on any atom is -0.409 e. The minimum absolute atomic E-state index is 0.167. The van der Waals surface area contributed by atoms with Crippen molar-refractivity contribution >= 4 is 31.0 Å². The van der Waals surface area contributed by atoms with Crippen LogP contribution in [0.15, 0.2) is 10.8 Å². The van der Waals surface area contributed by atoms with E-state index in [0.717, 1.165) is 6.26 Å². The lowest BCUT2D eigenvalue weighted by atomic mass is 10.2. The molecule has 0 bridgehead atoms. The first-order valence-corrected chi connectivity index (χ1v) is 5.96. The molecular weight excluding hydrogens is 250 g/mol. The Labute approximate surface area is 93.7 Å². The lowest BCUT2D eigenvalue weighted by Crippen LogP contribution is -2.18. The monoisotopic (exact) mass is 262 g/mol. The molecule has 0 heterocycles. The third-order valence-corrected chi connectivity index (χ3v) is 2.64. The van der Waals surface area contributed by atoms with Crippen molar-refractivity contribution in [2.45, 2.75) is 26.4 Å². The highest BCUT2D eigenvalue weighted by atomic mass is 35.5. The van der Waals surface area contributed by atoms with Gasteiger partial charge in [-0.3, -0.25) is 9.05 Å². The van der Waals surface area contributed by atoms with Crippen LogP contribution in [-0.4, -0.2) is 12.7 Å². The summed E-state index contributed by atoms with van der Waals surface area (Å²) in [4.78, 5) is 0. The standard InChI is InChI=1S/C7H13Cl2O4P/c1-7(2,3)13-14(10,11-4)12-5-6(8)9/h5H,1-4H3. The fraction of sp³-hybridized carbons (Fsp3) is 0.714. The first kappa shape index (κ1) is 14.3. The molecule has 0 fully saturated rings. The third-order valence-electron chi connectivity index (χ3n) is 0.880. The summed E-state index contributed by atoms with van der Waals surface area (Å²) < 4.78 is 25.9. The van der Waals surface area contributed by atoms with Gasteiger partial charge in [0, 0.05) is 7.11 Å². The van der Waals surface area contributed by atoms with Gasteiger partial charge >= 0.3 is 7.82 Å². The van der Waals surface area contributed by atoms with Crippen LogP contribution in [0, 0.1) is 0 Å². The molecule has 0 aliphatic heterocycles. The molecule has 0 amide bonds. The number of hydrogen-bond acceptors (Lipinski definition) is 4. The van der Waals surface area contributed by atoms with E-state index in [-0.39, 0.29) is 4.49 Å². The van der Waals surface area contributed by atoms with Crippen molar-refractivity contribution in [1.82, 2.24) is 0 Å². The van der Waals surface area contributed by atoms with Crippen LogP contribution in [0.5, 0.6) is 0 Å². The molecule has 0 aromatic heterocycles. The van der Waals surface area contributed by atoms with Crippen LogP contribution >= 0.6 is 31.0 Å². The molecule has 0 spiro atoms. The van der Waals surface area contributed by atoms with E-state index in [4.69, 9.17) is 32.2 Å². The van der Waals surface area contributed by atoms with Gasteiger partial charge in [-0.25, -0.2) is 4.57 Å². The second kappa shape index (κ2) is 5.38. The summed E-state index contributed by atoms with van der Waals surface area (Å²) in [5.41, 5.74) is -0.655. The van der Waals surface area contributed by atoms with Gasteiger partial charge < -0.3 is 4.52 Å². The Bertz CT molecular complexity index is 255. The molecule has 0 radical (unpaired) electrons. The fourth-order valence-electron chi connectivity index (χ4n) is 0.542. The van der Waals surface area contributed by atoms with Crippen molar-refractivity contribution in [3.63, 3.8) is 0 Å². The minimum atomic E-state index is -3.62. The van der Waals surface area contributed by atoms with Crippen LogP contribution in [0.2, 0.25) is 0 Å². The second-order valence-corrected chi connectivity index (χ2v) is 6.01. The Morgan fingerprint density at radius 1 is 1.36 bits per heavy atom. The molecule has 84 valence electrons. The maximum absolute atomic E-state index is 11.7. The van der Waals surface area contributed by atoms with Crippen molar-refractivity contribution in [3.05, 3.63) is 10.8 Å². The lowest BCUT2D eigenvalue weighted by molar-refractivity contribution is 0.0679. The molecule has 0 N–H and O–H groups in total. The summed E-state index contributed by atoms with van der Waals surface area (Å²) in [5, 5.41) is 0. The second-order valence-electron chi connectivity index (χ2n) is 3.35. The highest BCUT2D eigenvalue weighted by Gasteiger charge is 2.31. The van der Waals surface area contributed by atoms with Crippen molar-refractivity contribution in [1.29, 1.82) is 0 Å². The smallest absolute Gasteiger partial charge is 0.409 e. The topological polar surface area (TPSA) is 44.8 Å². The summed E-state index contributed by atoms with van der Waals surface area (Å²) in [5.74, 6) is 0. The van der Waals surface area contributed by atoms with Crippen LogP contribution in [-0.2, 0) is 18.1 Å². The number of phosphoric ester groups is 1. The van der Waals surface area contributed by atoms with E-state index in [9.17, 15) is 4.57 Å². The van der Waals surface area contributed by atoms with E-state index in [1.54, 1.807) is 20.8 Å². The quantitative estimate of drug-likeness (QED) is 0.570. The molecule has 0 aromatic carbocycles. The van der Waals surface area contributed by atoms with Crippen molar-refractivity contribution in [2.24, 2.45) is 0 Å².